The number of benzene rings is 1. The maximum atomic E-state index is 11.8. The van der Waals surface area contributed by atoms with Crippen molar-refractivity contribution in [1.29, 1.82) is 0 Å². The molecule has 4 heteroatoms. The van der Waals surface area contributed by atoms with Gasteiger partial charge in [0.05, 0.1) is 7.11 Å². The summed E-state index contributed by atoms with van der Waals surface area (Å²) in [6, 6.07) is 7.38. The zero-order valence-corrected chi connectivity index (χ0v) is 11.4. The molecule has 100 valence electrons. The molecule has 0 heterocycles. The Balaban J connectivity index is 2.57. The number of hydrogen-bond acceptors (Lipinski definition) is 3. The number of amides is 1. The molecule has 0 aliphatic rings. The van der Waals surface area contributed by atoms with Crippen molar-refractivity contribution in [2.24, 2.45) is 0 Å². The van der Waals surface area contributed by atoms with Crippen LogP contribution in [0, 0.1) is 0 Å². The van der Waals surface area contributed by atoms with E-state index in [0.29, 0.717) is 11.5 Å². The average molecular weight is 251 g/mol. The van der Waals surface area contributed by atoms with Gasteiger partial charge in [0.15, 0.2) is 6.10 Å². The van der Waals surface area contributed by atoms with Crippen LogP contribution in [0.5, 0.6) is 11.5 Å². The van der Waals surface area contributed by atoms with Crippen molar-refractivity contribution < 1.29 is 14.3 Å². The van der Waals surface area contributed by atoms with Crippen LogP contribution in [0.15, 0.2) is 24.3 Å². The lowest BCUT2D eigenvalue weighted by molar-refractivity contribution is -0.127. The van der Waals surface area contributed by atoms with Crippen LogP contribution in [-0.2, 0) is 4.79 Å². The van der Waals surface area contributed by atoms with E-state index in [1.165, 1.54) is 0 Å². The molecule has 1 aromatic rings. The van der Waals surface area contributed by atoms with Crippen LogP contribution in [0.25, 0.3) is 0 Å². The Morgan fingerprint density at radius 3 is 2.61 bits per heavy atom. The van der Waals surface area contributed by atoms with Crippen LogP contribution in [0.4, 0.5) is 0 Å². The van der Waals surface area contributed by atoms with E-state index >= 15 is 0 Å². The normalized spacial score (nSPS) is 13.6. The van der Waals surface area contributed by atoms with Crippen molar-refractivity contribution in [3.05, 3.63) is 24.3 Å². The molecule has 1 amide bonds. The summed E-state index contributed by atoms with van der Waals surface area (Å²) >= 11 is 0. The van der Waals surface area contributed by atoms with Crippen molar-refractivity contribution in [3.8, 4) is 11.5 Å². The standard InChI is InChI=1S/C14H21NO3/c1-5-10(2)15-14(16)11(3)18-13-8-6-7-12(9-13)17-4/h6-11H,5H2,1-4H3,(H,15,16)/t10-,11+/m1/s1. The number of rotatable bonds is 6. The minimum absolute atomic E-state index is 0.104. The van der Waals surface area contributed by atoms with Gasteiger partial charge in [0.25, 0.3) is 5.91 Å². The molecular weight excluding hydrogens is 230 g/mol. The summed E-state index contributed by atoms with van der Waals surface area (Å²) in [5.41, 5.74) is 0. The van der Waals surface area contributed by atoms with Gasteiger partial charge in [-0.2, -0.15) is 0 Å². The third-order valence-electron chi connectivity index (χ3n) is 2.72. The van der Waals surface area contributed by atoms with Gasteiger partial charge in [-0.15, -0.1) is 0 Å². The Morgan fingerprint density at radius 1 is 1.33 bits per heavy atom. The smallest absolute Gasteiger partial charge is 0.260 e. The van der Waals surface area contributed by atoms with Crippen LogP contribution in [0.2, 0.25) is 0 Å². The molecule has 0 spiro atoms. The van der Waals surface area contributed by atoms with Crippen LogP contribution < -0.4 is 14.8 Å². The summed E-state index contributed by atoms with van der Waals surface area (Å²) in [6.07, 6.45) is 0.378. The number of carbonyl (C=O) groups is 1. The summed E-state index contributed by atoms with van der Waals surface area (Å²) in [6.45, 7) is 5.73. The quantitative estimate of drug-likeness (QED) is 0.844. The van der Waals surface area contributed by atoms with E-state index in [1.54, 1.807) is 26.2 Å². The number of hydrogen-bond donors (Lipinski definition) is 1. The highest BCUT2D eigenvalue weighted by Crippen LogP contribution is 2.19. The summed E-state index contributed by atoms with van der Waals surface area (Å²) in [5.74, 6) is 1.23. The van der Waals surface area contributed by atoms with Gasteiger partial charge in [-0.25, -0.2) is 0 Å². The largest absolute Gasteiger partial charge is 0.497 e. The minimum atomic E-state index is -0.522. The second kappa shape index (κ2) is 6.89. The SMILES string of the molecule is CC[C@@H](C)NC(=O)[C@H](C)Oc1cccc(OC)c1. The van der Waals surface area contributed by atoms with Crippen LogP contribution in [0.3, 0.4) is 0 Å². The van der Waals surface area contributed by atoms with Gasteiger partial charge in [-0.3, -0.25) is 4.79 Å². The van der Waals surface area contributed by atoms with Crippen molar-refractivity contribution in [3.63, 3.8) is 0 Å². The van der Waals surface area contributed by atoms with E-state index in [1.807, 2.05) is 26.0 Å². The van der Waals surface area contributed by atoms with E-state index in [9.17, 15) is 4.79 Å². The van der Waals surface area contributed by atoms with E-state index in [-0.39, 0.29) is 11.9 Å². The Labute approximate surface area is 108 Å². The zero-order valence-electron chi connectivity index (χ0n) is 11.4. The number of ether oxygens (including phenoxy) is 2. The third-order valence-corrected chi connectivity index (χ3v) is 2.72. The lowest BCUT2D eigenvalue weighted by atomic mass is 10.2. The number of carbonyl (C=O) groups excluding carboxylic acids is 1. The lowest BCUT2D eigenvalue weighted by Gasteiger charge is -2.18. The first kappa shape index (κ1) is 14.4. The number of methoxy groups -OCH3 is 1. The van der Waals surface area contributed by atoms with Gasteiger partial charge in [0, 0.05) is 12.1 Å². The lowest BCUT2D eigenvalue weighted by Crippen LogP contribution is -2.40. The van der Waals surface area contributed by atoms with Gasteiger partial charge in [-0.1, -0.05) is 13.0 Å². The number of nitrogens with one attached hydrogen (secondary N) is 1. The zero-order chi connectivity index (χ0) is 13.5. The molecule has 4 nitrogen and oxygen atoms in total. The predicted molar refractivity (Wildman–Crippen MR) is 71.0 cm³/mol. The second-order valence-electron chi connectivity index (χ2n) is 4.26. The highest BCUT2D eigenvalue weighted by molar-refractivity contribution is 5.80. The van der Waals surface area contributed by atoms with Crippen molar-refractivity contribution in [1.82, 2.24) is 5.32 Å². The molecule has 0 fully saturated rings. The van der Waals surface area contributed by atoms with Crippen LogP contribution >= 0.6 is 0 Å². The highest BCUT2D eigenvalue weighted by Gasteiger charge is 2.16. The molecule has 0 aliphatic carbocycles. The molecule has 0 aromatic heterocycles. The Morgan fingerprint density at radius 2 is 2.00 bits per heavy atom. The fraction of sp³-hybridized carbons (Fsp3) is 0.500. The first-order chi connectivity index (χ1) is 8.56. The fourth-order valence-electron chi connectivity index (χ4n) is 1.39. The van der Waals surface area contributed by atoms with Crippen molar-refractivity contribution >= 4 is 5.91 Å². The van der Waals surface area contributed by atoms with E-state index in [4.69, 9.17) is 9.47 Å². The molecular formula is C14H21NO3. The van der Waals surface area contributed by atoms with Gasteiger partial charge >= 0.3 is 0 Å². The minimum Gasteiger partial charge on any atom is -0.497 e. The molecule has 1 aromatic carbocycles. The summed E-state index contributed by atoms with van der Waals surface area (Å²) in [7, 11) is 1.60. The van der Waals surface area contributed by atoms with Crippen molar-refractivity contribution in [2.45, 2.75) is 39.3 Å². The summed E-state index contributed by atoms with van der Waals surface area (Å²) < 4.78 is 10.7. The molecule has 0 aliphatic heterocycles. The molecule has 0 bridgehead atoms. The fourth-order valence-corrected chi connectivity index (χ4v) is 1.39. The third kappa shape index (κ3) is 4.28. The van der Waals surface area contributed by atoms with E-state index in [0.717, 1.165) is 6.42 Å². The van der Waals surface area contributed by atoms with Crippen molar-refractivity contribution in [2.75, 3.05) is 7.11 Å². The molecule has 0 radical (unpaired) electrons. The van der Waals surface area contributed by atoms with Crippen LogP contribution in [0.1, 0.15) is 27.2 Å². The average Bonchev–Trinajstić information content (AvgIpc) is 2.38. The Kier molecular flexibility index (Phi) is 5.49. The molecule has 18 heavy (non-hydrogen) atoms. The first-order valence-electron chi connectivity index (χ1n) is 6.18. The molecule has 0 saturated carbocycles. The molecule has 1 N–H and O–H groups in total. The topological polar surface area (TPSA) is 47.6 Å². The maximum Gasteiger partial charge on any atom is 0.260 e. The molecule has 0 saturated heterocycles. The Hall–Kier alpha value is -1.71. The van der Waals surface area contributed by atoms with Gasteiger partial charge in [-0.05, 0) is 32.4 Å². The Bertz CT molecular complexity index is 392. The first-order valence-corrected chi connectivity index (χ1v) is 6.18. The monoisotopic (exact) mass is 251 g/mol. The van der Waals surface area contributed by atoms with Crippen LogP contribution in [-0.4, -0.2) is 25.2 Å². The predicted octanol–water partition coefficient (Wildman–Crippen LogP) is 2.38. The second-order valence-corrected chi connectivity index (χ2v) is 4.26. The van der Waals surface area contributed by atoms with Gasteiger partial charge in [0.1, 0.15) is 11.5 Å². The molecule has 0 unspecified atom stereocenters. The highest BCUT2D eigenvalue weighted by atomic mass is 16.5. The molecule has 2 atom stereocenters. The summed E-state index contributed by atoms with van der Waals surface area (Å²) in [5, 5.41) is 2.88. The van der Waals surface area contributed by atoms with Gasteiger partial charge < -0.3 is 14.8 Å². The molecule has 1 rings (SSSR count). The van der Waals surface area contributed by atoms with Gasteiger partial charge in [0.2, 0.25) is 0 Å². The maximum absolute atomic E-state index is 11.8. The van der Waals surface area contributed by atoms with E-state index in [2.05, 4.69) is 5.32 Å². The van der Waals surface area contributed by atoms with E-state index < -0.39 is 6.10 Å². The summed E-state index contributed by atoms with van der Waals surface area (Å²) in [4.78, 5) is 11.8.